The molecule has 0 bridgehead atoms. The lowest BCUT2D eigenvalue weighted by molar-refractivity contribution is 0.460. The van der Waals surface area contributed by atoms with Gasteiger partial charge in [0.05, 0.1) is 6.20 Å². The van der Waals surface area contributed by atoms with Crippen molar-refractivity contribution < 1.29 is 0 Å². The predicted octanol–water partition coefficient (Wildman–Crippen LogP) is 0.944. The Labute approximate surface area is 72.2 Å². The highest BCUT2D eigenvalue weighted by Crippen LogP contribution is 2.21. The molecule has 3 nitrogen and oxygen atoms in total. The van der Waals surface area contributed by atoms with Gasteiger partial charge in [-0.25, -0.2) is 0 Å². The Hall–Kier alpha value is -0.960. The molecule has 1 aliphatic rings. The van der Waals surface area contributed by atoms with E-state index in [0.717, 1.165) is 13.1 Å². The lowest BCUT2D eigenvalue weighted by atomic mass is 9.93. The van der Waals surface area contributed by atoms with Crippen molar-refractivity contribution in [3.63, 3.8) is 0 Å². The number of aromatic nitrogens is 2. The maximum Gasteiger partial charge on any atom is 0.0531 e. The van der Waals surface area contributed by atoms with Gasteiger partial charge in [0.15, 0.2) is 0 Å². The molecule has 1 N–H and O–H groups in total. The smallest absolute Gasteiger partial charge is 0.0531 e. The van der Waals surface area contributed by atoms with Crippen LogP contribution in [0.15, 0.2) is 18.5 Å². The van der Waals surface area contributed by atoms with Crippen LogP contribution in [0.2, 0.25) is 0 Å². The highest BCUT2D eigenvalue weighted by Gasteiger charge is 2.14. The molecule has 1 saturated heterocycles. The van der Waals surface area contributed by atoms with E-state index in [4.69, 9.17) is 0 Å². The van der Waals surface area contributed by atoms with Crippen molar-refractivity contribution in [1.29, 1.82) is 0 Å². The summed E-state index contributed by atoms with van der Waals surface area (Å²) < 4.78 is 0. The van der Waals surface area contributed by atoms with Crippen LogP contribution in [-0.4, -0.2) is 23.3 Å². The molecule has 1 aliphatic heterocycles. The molecule has 0 saturated carbocycles. The van der Waals surface area contributed by atoms with Gasteiger partial charge in [0.25, 0.3) is 0 Å². The summed E-state index contributed by atoms with van der Waals surface area (Å²) in [5.41, 5.74) is 1.32. The molecule has 2 rings (SSSR count). The second kappa shape index (κ2) is 3.63. The summed E-state index contributed by atoms with van der Waals surface area (Å²) >= 11 is 0. The van der Waals surface area contributed by atoms with Gasteiger partial charge >= 0.3 is 0 Å². The second-order valence-corrected chi connectivity index (χ2v) is 3.22. The Morgan fingerprint density at radius 2 is 2.42 bits per heavy atom. The number of piperidine rings is 1. The first-order valence-corrected chi connectivity index (χ1v) is 4.44. The van der Waals surface area contributed by atoms with E-state index in [9.17, 15) is 0 Å². The van der Waals surface area contributed by atoms with Crippen LogP contribution in [0.5, 0.6) is 0 Å². The lowest BCUT2D eigenvalue weighted by Gasteiger charge is -2.22. The van der Waals surface area contributed by atoms with Gasteiger partial charge in [0.1, 0.15) is 0 Å². The van der Waals surface area contributed by atoms with Crippen LogP contribution in [0.4, 0.5) is 0 Å². The molecule has 0 spiro atoms. The van der Waals surface area contributed by atoms with Gasteiger partial charge in [-0.3, -0.25) is 0 Å². The Kier molecular flexibility index (Phi) is 2.32. The van der Waals surface area contributed by atoms with E-state index in [1.54, 1.807) is 6.20 Å². The molecule has 1 fully saturated rings. The normalized spacial score (nSPS) is 23.8. The third-order valence-corrected chi connectivity index (χ3v) is 2.38. The van der Waals surface area contributed by atoms with Gasteiger partial charge in [0, 0.05) is 12.7 Å². The van der Waals surface area contributed by atoms with E-state index in [0.29, 0.717) is 5.92 Å². The monoisotopic (exact) mass is 163 g/mol. The molecule has 0 amide bonds. The highest BCUT2D eigenvalue weighted by molar-refractivity contribution is 5.13. The zero-order valence-electron chi connectivity index (χ0n) is 7.03. The van der Waals surface area contributed by atoms with Crippen LogP contribution in [0.3, 0.4) is 0 Å². The second-order valence-electron chi connectivity index (χ2n) is 3.22. The molecule has 0 unspecified atom stereocenters. The predicted molar refractivity (Wildman–Crippen MR) is 46.9 cm³/mol. The number of rotatable bonds is 1. The molecular weight excluding hydrogens is 150 g/mol. The van der Waals surface area contributed by atoms with Gasteiger partial charge in [-0.1, -0.05) is 0 Å². The highest BCUT2D eigenvalue weighted by atomic mass is 15.1. The van der Waals surface area contributed by atoms with Crippen LogP contribution in [0.25, 0.3) is 0 Å². The first-order valence-electron chi connectivity index (χ1n) is 4.44. The minimum Gasteiger partial charge on any atom is -0.316 e. The molecule has 0 aliphatic carbocycles. The van der Waals surface area contributed by atoms with Gasteiger partial charge in [-0.2, -0.15) is 10.2 Å². The summed E-state index contributed by atoms with van der Waals surface area (Å²) in [6.07, 6.45) is 6.19. The van der Waals surface area contributed by atoms with E-state index >= 15 is 0 Å². The van der Waals surface area contributed by atoms with Gasteiger partial charge in [0.2, 0.25) is 0 Å². The standard InChI is InChI=1S/C9H13N3/c1-2-8(6-10-4-1)9-3-5-11-12-7-9/h3,5,7-8,10H,1-2,4,6H2/t8-/m0/s1. The molecule has 1 aromatic heterocycles. The number of nitrogens with one attached hydrogen (secondary N) is 1. The largest absolute Gasteiger partial charge is 0.316 e. The van der Waals surface area contributed by atoms with E-state index < -0.39 is 0 Å². The van der Waals surface area contributed by atoms with Crippen molar-refractivity contribution in [1.82, 2.24) is 15.5 Å². The van der Waals surface area contributed by atoms with Crippen LogP contribution in [0.1, 0.15) is 24.3 Å². The summed E-state index contributed by atoms with van der Waals surface area (Å²) in [4.78, 5) is 0. The summed E-state index contributed by atoms with van der Waals surface area (Å²) in [5, 5.41) is 11.0. The topological polar surface area (TPSA) is 37.8 Å². The fourth-order valence-electron chi connectivity index (χ4n) is 1.68. The number of hydrogen-bond donors (Lipinski definition) is 1. The third kappa shape index (κ3) is 1.61. The maximum absolute atomic E-state index is 3.88. The number of hydrogen-bond acceptors (Lipinski definition) is 3. The van der Waals surface area contributed by atoms with Crippen molar-refractivity contribution in [2.45, 2.75) is 18.8 Å². The summed E-state index contributed by atoms with van der Waals surface area (Å²) in [6, 6.07) is 2.06. The zero-order chi connectivity index (χ0) is 8.23. The Morgan fingerprint density at radius 1 is 1.42 bits per heavy atom. The fourth-order valence-corrected chi connectivity index (χ4v) is 1.68. The van der Waals surface area contributed by atoms with Gasteiger partial charge in [-0.15, -0.1) is 0 Å². The molecule has 12 heavy (non-hydrogen) atoms. The minimum absolute atomic E-state index is 0.647. The van der Waals surface area contributed by atoms with E-state index in [2.05, 4.69) is 21.6 Å². The van der Waals surface area contributed by atoms with Crippen molar-refractivity contribution in [3.8, 4) is 0 Å². The van der Waals surface area contributed by atoms with Crippen LogP contribution >= 0.6 is 0 Å². The van der Waals surface area contributed by atoms with E-state index in [1.807, 2.05) is 6.20 Å². The summed E-state index contributed by atoms with van der Waals surface area (Å²) in [6.45, 7) is 2.25. The SMILES string of the molecule is c1cc([C@H]2CCCNC2)cnn1. The van der Waals surface area contributed by atoms with Crippen molar-refractivity contribution in [2.75, 3.05) is 13.1 Å². The first kappa shape index (κ1) is 7.68. The Balaban J connectivity index is 2.08. The maximum atomic E-state index is 3.88. The molecule has 1 atom stereocenters. The summed E-state index contributed by atoms with van der Waals surface area (Å²) in [5.74, 6) is 0.647. The molecule has 0 radical (unpaired) electrons. The minimum atomic E-state index is 0.647. The molecule has 64 valence electrons. The fraction of sp³-hybridized carbons (Fsp3) is 0.556. The molecule has 3 heteroatoms. The molecule has 2 heterocycles. The first-order chi connectivity index (χ1) is 5.97. The van der Waals surface area contributed by atoms with Crippen LogP contribution < -0.4 is 5.32 Å². The van der Waals surface area contributed by atoms with E-state index in [1.165, 1.54) is 18.4 Å². The van der Waals surface area contributed by atoms with Gasteiger partial charge < -0.3 is 5.32 Å². The number of nitrogens with zero attached hydrogens (tertiary/aromatic N) is 2. The van der Waals surface area contributed by atoms with Crippen LogP contribution in [-0.2, 0) is 0 Å². The van der Waals surface area contributed by atoms with Gasteiger partial charge in [-0.05, 0) is 36.9 Å². The average Bonchev–Trinajstić information content (AvgIpc) is 2.21. The molecular formula is C9H13N3. The zero-order valence-corrected chi connectivity index (χ0v) is 7.03. The molecule has 0 aromatic carbocycles. The van der Waals surface area contributed by atoms with Crippen LogP contribution in [0, 0.1) is 0 Å². The Bertz CT molecular complexity index is 229. The van der Waals surface area contributed by atoms with Crippen molar-refractivity contribution in [2.24, 2.45) is 0 Å². The average molecular weight is 163 g/mol. The quantitative estimate of drug-likeness (QED) is 0.669. The lowest BCUT2D eigenvalue weighted by Crippen LogP contribution is -2.28. The summed E-state index contributed by atoms with van der Waals surface area (Å²) in [7, 11) is 0. The van der Waals surface area contributed by atoms with Crippen molar-refractivity contribution in [3.05, 3.63) is 24.0 Å². The van der Waals surface area contributed by atoms with E-state index in [-0.39, 0.29) is 0 Å². The van der Waals surface area contributed by atoms with Crippen molar-refractivity contribution >= 4 is 0 Å². The molecule has 1 aromatic rings. The Morgan fingerprint density at radius 3 is 3.08 bits per heavy atom. The third-order valence-electron chi connectivity index (χ3n) is 2.38.